The van der Waals surface area contributed by atoms with E-state index in [9.17, 15) is 0 Å². The summed E-state index contributed by atoms with van der Waals surface area (Å²) in [5.41, 5.74) is 2.11. The Kier molecular flexibility index (Phi) is 6.99. The van der Waals surface area contributed by atoms with Gasteiger partial charge in [0.1, 0.15) is 5.01 Å². The number of thiazole rings is 1. The van der Waals surface area contributed by atoms with E-state index in [1.807, 2.05) is 24.3 Å². The van der Waals surface area contributed by atoms with Gasteiger partial charge in [-0.2, -0.15) is 0 Å². The molecule has 2 fully saturated rings. The van der Waals surface area contributed by atoms with Gasteiger partial charge in [0, 0.05) is 22.5 Å². The summed E-state index contributed by atoms with van der Waals surface area (Å²) in [6.45, 7) is 2.76. The zero-order valence-corrected chi connectivity index (χ0v) is 19.3. The minimum absolute atomic E-state index is 0. The fraction of sp³-hybridized carbons (Fsp3) is 0.474. The second-order valence-electron chi connectivity index (χ2n) is 6.81. The summed E-state index contributed by atoms with van der Waals surface area (Å²) >= 11 is 7.69. The minimum atomic E-state index is 0. The first kappa shape index (κ1) is 20.8. The first-order valence-corrected chi connectivity index (χ1v) is 10.2. The van der Waals surface area contributed by atoms with Gasteiger partial charge < -0.3 is 15.4 Å². The lowest BCUT2D eigenvalue weighted by molar-refractivity contribution is 0.0992. The van der Waals surface area contributed by atoms with Crippen LogP contribution in [0.4, 0.5) is 0 Å². The van der Waals surface area contributed by atoms with Gasteiger partial charge in [0.05, 0.1) is 30.5 Å². The number of fused-ring (bicyclic) bond motifs is 2. The molecule has 2 aromatic rings. The average Bonchev–Trinajstić information content (AvgIpc) is 3.35. The maximum Gasteiger partial charge on any atom is 0.191 e. The third-order valence-corrected chi connectivity index (χ3v) is 6.24. The van der Waals surface area contributed by atoms with Gasteiger partial charge in [-0.05, 0) is 38.3 Å². The highest BCUT2D eigenvalue weighted by Crippen LogP contribution is 2.34. The third kappa shape index (κ3) is 4.75. The smallest absolute Gasteiger partial charge is 0.191 e. The van der Waals surface area contributed by atoms with Crippen LogP contribution in [0.2, 0.25) is 5.02 Å². The van der Waals surface area contributed by atoms with Gasteiger partial charge >= 0.3 is 0 Å². The van der Waals surface area contributed by atoms with Crippen molar-refractivity contribution in [1.29, 1.82) is 0 Å². The van der Waals surface area contributed by atoms with Crippen LogP contribution < -0.4 is 10.6 Å². The lowest BCUT2D eigenvalue weighted by Gasteiger charge is -2.22. The predicted molar refractivity (Wildman–Crippen MR) is 122 cm³/mol. The average molecular weight is 519 g/mol. The molecule has 3 atom stereocenters. The van der Waals surface area contributed by atoms with Crippen molar-refractivity contribution >= 4 is 52.9 Å². The molecule has 146 valence electrons. The maximum atomic E-state index is 5.98. The van der Waals surface area contributed by atoms with Crippen molar-refractivity contribution in [2.24, 2.45) is 4.99 Å². The number of rotatable bonds is 4. The molecule has 2 N–H and O–H groups in total. The Labute approximate surface area is 186 Å². The van der Waals surface area contributed by atoms with Crippen molar-refractivity contribution in [2.75, 3.05) is 7.05 Å². The molecule has 2 bridgehead atoms. The molecule has 8 heteroatoms. The van der Waals surface area contributed by atoms with Gasteiger partial charge in [-0.1, -0.05) is 23.7 Å². The molecule has 3 heterocycles. The Hall–Kier alpha value is -0.900. The van der Waals surface area contributed by atoms with Crippen LogP contribution in [0.15, 0.2) is 29.3 Å². The van der Waals surface area contributed by atoms with E-state index in [0.29, 0.717) is 24.8 Å². The SMILES string of the molecule is CN=C(NCc1nc(-c2ccc(Cl)cc2)c(C)s1)NC1CC2CCC1O2.I. The highest BCUT2D eigenvalue weighted by Gasteiger charge is 2.41. The third-order valence-electron chi connectivity index (χ3n) is 5.02. The fourth-order valence-electron chi connectivity index (χ4n) is 3.72. The zero-order chi connectivity index (χ0) is 18.1. The van der Waals surface area contributed by atoms with E-state index in [4.69, 9.17) is 21.3 Å². The number of nitrogens with zero attached hydrogens (tertiary/aromatic N) is 2. The minimum Gasteiger partial charge on any atom is -0.373 e. The van der Waals surface area contributed by atoms with Crippen molar-refractivity contribution < 1.29 is 4.74 Å². The molecule has 27 heavy (non-hydrogen) atoms. The molecule has 2 saturated heterocycles. The molecule has 4 rings (SSSR count). The van der Waals surface area contributed by atoms with Crippen LogP contribution in [0, 0.1) is 6.92 Å². The van der Waals surface area contributed by atoms with E-state index in [-0.39, 0.29) is 24.0 Å². The molecule has 5 nitrogen and oxygen atoms in total. The number of benzene rings is 1. The summed E-state index contributed by atoms with van der Waals surface area (Å²) in [7, 11) is 1.80. The summed E-state index contributed by atoms with van der Waals surface area (Å²) in [5, 5.41) is 8.67. The molecule has 0 radical (unpaired) electrons. The summed E-state index contributed by atoms with van der Waals surface area (Å²) in [6.07, 6.45) is 4.18. The van der Waals surface area contributed by atoms with Crippen LogP contribution in [0.3, 0.4) is 0 Å². The van der Waals surface area contributed by atoms with Crippen LogP contribution in [-0.2, 0) is 11.3 Å². The number of hydrogen-bond donors (Lipinski definition) is 2. The highest BCUT2D eigenvalue weighted by molar-refractivity contribution is 14.0. The molecule has 0 aliphatic carbocycles. The van der Waals surface area contributed by atoms with E-state index in [1.54, 1.807) is 18.4 Å². The Bertz CT molecular complexity index is 811. The Morgan fingerprint density at radius 2 is 2.11 bits per heavy atom. The Morgan fingerprint density at radius 3 is 2.74 bits per heavy atom. The number of nitrogens with one attached hydrogen (secondary N) is 2. The normalized spacial score (nSPS) is 24.0. The number of aryl methyl sites for hydroxylation is 1. The molecule has 2 aliphatic heterocycles. The van der Waals surface area contributed by atoms with Crippen LogP contribution in [0.1, 0.15) is 29.1 Å². The van der Waals surface area contributed by atoms with Gasteiger partial charge in [-0.15, -0.1) is 35.3 Å². The monoisotopic (exact) mass is 518 g/mol. The molecule has 1 aromatic heterocycles. The number of aromatic nitrogens is 1. The molecule has 1 aromatic carbocycles. The van der Waals surface area contributed by atoms with Gasteiger partial charge in [-0.25, -0.2) is 4.98 Å². The van der Waals surface area contributed by atoms with Crippen LogP contribution in [0.5, 0.6) is 0 Å². The second kappa shape index (κ2) is 9.07. The largest absolute Gasteiger partial charge is 0.373 e. The molecule has 2 aliphatic rings. The van der Waals surface area contributed by atoms with Crippen molar-refractivity contribution in [3.63, 3.8) is 0 Å². The van der Waals surface area contributed by atoms with E-state index in [2.05, 4.69) is 22.5 Å². The Morgan fingerprint density at radius 1 is 1.33 bits per heavy atom. The first-order valence-electron chi connectivity index (χ1n) is 8.97. The molecular weight excluding hydrogens is 495 g/mol. The van der Waals surface area contributed by atoms with E-state index in [0.717, 1.165) is 40.1 Å². The van der Waals surface area contributed by atoms with Crippen LogP contribution in [0.25, 0.3) is 11.3 Å². The van der Waals surface area contributed by atoms with Gasteiger partial charge in [0.2, 0.25) is 0 Å². The van der Waals surface area contributed by atoms with Crippen molar-refractivity contribution in [1.82, 2.24) is 15.6 Å². The standard InChI is InChI=1S/C19H23ClN4OS.HI/c1-11-18(12-3-5-13(20)6-4-12)24-17(26-11)10-22-19(21-2)23-15-9-14-7-8-16(15)25-14;/h3-6,14-16H,7-10H2,1-2H3,(H2,21,22,23);1H. The van der Waals surface area contributed by atoms with Crippen LogP contribution in [-0.4, -0.2) is 36.2 Å². The van der Waals surface area contributed by atoms with E-state index >= 15 is 0 Å². The van der Waals surface area contributed by atoms with E-state index < -0.39 is 0 Å². The second-order valence-corrected chi connectivity index (χ2v) is 8.53. The van der Waals surface area contributed by atoms with Crippen LogP contribution >= 0.6 is 46.9 Å². The Balaban J connectivity index is 0.00000210. The summed E-state index contributed by atoms with van der Waals surface area (Å²) < 4.78 is 5.90. The topological polar surface area (TPSA) is 58.5 Å². The molecule has 0 spiro atoms. The van der Waals surface area contributed by atoms with E-state index in [1.165, 1.54) is 11.3 Å². The van der Waals surface area contributed by atoms with Gasteiger partial charge in [-0.3, -0.25) is 4.99 Å². The molecule has 3 unspecified atom stereocenters. The quantitative estimate of drug-likeness (QED) is 0.358. The number of halogens is 2. The van der Waals surface area contributed by atoms with Crippen molar-refractivity contribution in [3.8, 4) is 11.3 Å². The molecule has 0 amide bonds. The summed E-state index contributed by atoms with van der Waals surface area (Å²) in [5.74, 6) is 0.812. The number of aliphatic imine (C=N–C) groups is 1. The zero-order valence-electron chi connectivity index (χ0n) is 15.4. The highest BCUT2D eigenvalue weighted by atomic mass is 127. The summed E-state index contributed by atoms with van der Waals surface area (Å²) in [4.78, 5) is 10.3. The van der Waals surface area contributed by atoms with Gasteiger partial charge in [0.25, 0.3) is 0 Å². The number of hydrogen-bond acceptors (Lipinski definition) is 4. The maximum absolute atomic E-state index is 5.98. The molecule has 0 saturated carbocycles. The van der Waals surface area contributed by atoms with Crippen molar-refractivity contribution in [2.45, 2.75) is 51.0 Å². The fourth-order valence-corrected chi connectivity index (χ4v) is 4.74. The molecular formula is C19H24ClIN4OS. The predicted octanol–water partition coefficient (Wildman–Crippen LogP) is 4.37. The lowest BCUT2D eigenvalue weighted by atomic mass is 9.96. The lowest BCUT2D eigenvalue weighted by Crippen LogP contribution is -2.47. The number of guanidine groups is 1. The van der Waals surface area contributed by atoms with Gasteiger partial charge in [0.15, 0.2) is 5.96 Å². The van der Waals surface area contributed by atoms with Crippen molar-refractivity contribution in [3.05, 3.63) is 39.2 Å². The first-order chi connectivity index (χ1) is 12.6. The number of ether oxygens (including phenoxy) is 1. The summed E-state index contributed by atoms with van der Waals surface area (Å²) in [6, 6.07) is 8.18.